The molecule has 1 unspecified atom stereocenters. The van der Waals surface area contributed by atoms with Crippen molar-refractivity contribution in [1.29, 1.82) is 0 Å². The molecule has 1 N–H and O–H groups in total. The Morgan fingerprint density at radius 3 is 2.59 bits per heavy atom. The zero-order valence-corrected chi connectivity index (χ0v) is 10.9. The average molecular weight is 232 g/mol. The van der Waals surface area contributed by atoms with Gasteiger partial charge in [-0.05, 0) is 42.5 Å². The highest BCUT2D eigenvalue weighted by Crippen LogP contribution is 2.31. The van der Waals surface area contributed by atoms with Crippen molar-refractivity contribution in [2.75, 3.05) is 0 Å². The molecule has 17 heavy (non-hydrogen) atoms. The van der Waals surface area contributed by atoms with E-state index in [-0.39, 0.29) is 5.41 Å². The molecule has 2 aromatic rings. The summed E-state index contributed by atoms with van der Waals surface area (Å²) >= 11 is 0. The summed E-state index contributed by atoms with van der Waals surface area (Å²) < 4.78 is 5.58. The molecule has 1 aromatic heterocycles. The molecule has 1 atom stereocenters. The van der Waals surface area contributed by atoms with Gasteiger partial charge in [0.15, 0.2) is 0 Å². The second-order valence-electron chi connectivity index (χ2n) is 5.31. The highest BCUT2D eigenvalue weighted by molar-refractivity contribution is 5.79. The van der Waals surface area contributed by atoms with Crippen LogP contribution in [0.1, 0.15) is 51.5 Å². The Morgan fingerprint density at radius 2 is 2.00 bits per heavy atom. The average Bonchev–Trinajstić information content (AvgIpc) is 2.71. The van der Waals surface area contributed by atoms with Crippen molar-refractivity contribution in [2.24, 2.45) is 0 Å². The molecule has 0 aliphatic heterocycles. The molecule has 0 bridgehead atoms. The molecule has 0 radical (unpaired) electrons. The third-order valence-corrected chi connectivity index (χ3v) is 3.61. The van der Waals surface area contributed by atoms with Crippen molar-refractivity contribution in [1.82, 2.24) is 0 Å². The minimum Gasteiger partial charge on any atom is -0.458 e. The lowest BCUT2D eigenvalue weighted by Crippen LogP contribution is -2.14. The fourth-order valence-corrected chi connectivity index (χ4v) is 1.89. The van der Waals surface area contributed by atoms with E-state index in [2.05, 4.69) is 32.9 Å². The molecule has 1 heterocycles. The number of hydrogen-bond acceptors (Lipinski definition) is 2. The lowest BCUT2D eigenvalue weighted by molar-refractivity contribution is 0.172. The van der Waals surface area contributed by atoms with Gasteiger partial charge in [0.25, 0.3) is 0 Å². The van der Waals surface area contributed by atoms with Crippen LogP contribution >= 0.6 is 0 Å². The number of aliphatic hydroxyl groups is 1. The summed E-state index contributed by atoms with van der Waals surface area (Å²) in [6, 6.07) is 8.19. The maximum atomic E-state index is 9.51. The number of benzene rings is 1. The van der Waals surface area contributed by atoms with E-state index in [1.807, 2.05) is 12.1 Å². The second kappa shape index (κ2) is 4.19. The van der Waals surface area contributed by atoms with Gasteiger partial charge in [0.1, 0.15) is 17.4 Å². The number of rotatable bonds is 3. The number of hydrogen-bond donors (Lipinski definition) is 1. The van der Waals surface area contributed by atoms with Gasteiger partial charge < -0.3 is 9.52 Å². The van der Waals surface area contributed by atoms with Crippen molar-refractivity contribution < 1.29 is 9.52 Å². The van der Waals surface area contributed by atoms with Crippen molar-refractivity contribution in [3.05, 3.63) is 35.6 Å². The molecule has 0 fully saturated rings. The van der Waals surface area contributed by atoms with E-state index >= 15 is 0 Å². The van der Waals surface area contributed by atoms with Crippen LogP contribution in [0.3, 0.4) is 0 Å². The maximum Gasteiger partial charge on any atom is 0.134 e. The Morgan fingerprint density at radius 1 is 1.29 bits per heavy atom. The summed E-state index contributed by atoms with van der Waals surface area (Å²) in [6.07, 6.45) is 0.546. The van der Waals surface area contributed by atoms with Gasteiger partial charge in [0.05, 0.1) is 0 Å². The first-order valence-electron chi connectivity index (χ1n) is 6.16. The molecular formula is C15H20O2. The first kappa shape index (κ1) is 12.2. The van der Waals surface area contributed by atoms with Gasteiger partial charge in [0, 0.05) is 5.39 Å². The quantitative estimate of drug-likeness (QED) is 0.861. The summed E-state index contributed by atoms with van der Waals surface area (Å²) in [4.78, 5) is 0. The standard InChI is InChI=1S/C15H20O2/c1-5-15(3,4)12-6-7-13-11(8-12)9-14(17-13)10(2)16/h6-10,16H,5H2,1-4H3. The Hall–Kier alpha value is -1.28. The number of aliphatic hydroxyl groups excluding tert-OH is 1. The summed E-state index contributed by atoms with van der Waals surface area (Å²) in [6.45, 7) is 8.39. The Labute approximate surface area is 102 Å². The van der Waals surface area contributed by atoms with Gasteiger partial charge in [-0.3, -0.25) is 0 Å². The molecular weight excluding hydrogens is 212 g/mol. The molecule has 0 aliphatic rings. The minimum absolute atomic E-state index is 0.177. The minimum atomic E-state index is -0.551. The first-order chi connectivity index (χ1) is 7.94. The van der Waals surface area contributed by atoms with Gasteiger partial charge >= 0.3 is 0 Å². The zero-order valence-electron chi connectivity index (χ0n) is 10.9. The van der Waals surface area contributed by atoms with Crippen LogP contribution in [-0.4, -0.2) is 5.11 Å². The zero-order chi connectivity index (χ0) is 12.6. The van der Waals surface area contributed by atoms with E-state index in [1.54, 1.807) is 6.92 Å². The molecule has 0 saturated carbocycles. The highest BCUT2D eigenvalue weighted by atomic mass is 16.4. The lowest BCUT2D eigenvalue weighted by Gasteiger charge is -2.23. The van der Waals surface area contributed by atoms with Crippen molar-refractivity contribution in [2.45, 2.75) is 45.6 Å². The van der Waals surface area contributed by atoms with Gasteiger partial charge in [0.2, 0.25) is 0 Å². The van der Waals surface area contributed by atoms with Crippen LogP contribution in [0.25, 0.3) is 11.0 Å². The van der Waals surface area contributed by atoms with Crippen LogP contribution in [0.4, 0.5) is 0 Å². The predicted molar refractivity (Wildman–Crippen MR) is 70.2 cm³/mol. The fourth-order valence-electron chi connectivity index (χ4n) is 1.89. The highest BCUT2D eigenvalue weighted by Gasteiger charge is 2.19. The summed E-state index contributed by atoms with van der Waals surface area (Å²) in [5.41, 5.74) is 2.33. The largest absolute Gasteiger partial charge is 0.458 e. The van der Waals surface area contributed by atoms with E-state index in [0.29, 0.717) is 5.76 Å². The van der Waals surface area contributed by atoms with Crippen molar-refractivity contribution in [3.63, 3.8) is 0 Å². The van der Waals surface area contributed by atoms with Crippen LogP contribution in [0.5, 0.6) is 0 Å². The topological polar surface area (TPSA) is 33.4 Å². The molecule has 0 aliphatic carbocycles. The number of fused-ring (bicyclic) bond motifs is 1. The maximum absolute atomic E-state index is 9.51. The normalized spacial score (nSPS) is 14.2. The summed E-state index contributed by atoms with van der Waals surface area (Å²) in [7, 11) is 0. The van der Waals surface area contributed by atoms with Crippen molar-refractivity contribution in [3.8, 4) is 0 Å². The molecule has 2 heteroatoms. The molecule has 0 spiro atoms. The van der Waals surface area contributed by atoms with E-state index in [4.69, 9.17) is 4.42 Å². The smallest absolute Gasteiger partial charge is 0.134 e. The number of furan rings is 1. The van der Waals surface area contributed by atoms with E-state index in [9.17, 15) is 5.11 Å². The van der Waals surface area contributed by atoms with Crippen LogP contribution in [-0.2, 0) is 5.41 Å². The third kappa shape index (κ3) is 2.22. The molecule has 0 amide bonds. The third-order valence-electron chi connectivity index (χ3n) is 3.61. The molecule has 2 rings (SSSR count). The van der Waals surface area contributed by atoms with Gasteiger partial charge in [-0.1, -0.05) is 26.8 Å². The van der Waals surface area contributed by atoms with E-state index in [1.165, 1.54) is 5.56 Å². The van der Waals surface area contributed by atoms with Gasteiger partial charge in [-0.15, -0.1) is 0 Å². The lowest BCUT2D eigenvalue weighted by atomic mass is 9.82. The van der Waals surface area contributed by atoms with Crippen LogP contribution < -0.4 is 0 Å². The van der Waals surface area contributed by atoms with Crippen LogP contribution in [0.15, 0.2) is 28.7 Å². The molecule has 1 aromatic carbocycles. The first-order valence-corrected chi connectivity index (χ1v) is 6.16. The molecule has 0 saturated heterocycles. The van der Waals surface area contributed by atoms with Gasteiger partial charge in [-0.2, -0.15) is 0 Å². The van der Waals surface area contributed by atoms with Crippen molar-refractivity contribution >= 4 is 11.0 Å². The Kier molecular flexibility index (Phi) is 3.00. The molecule has 92 valence electrons. The Bertz CT molecular complexity index is 521. The Balaban J connectivity index is 2.50. The monoisotopic (exact) mass is 232 g/mol. The van der Waals surface area contributed by atoms with Crippen LogP contribution in [0, 0.1) is 0 Å². The fraction of sp³-hybridized carbons (Fsp3) is 0.467. The summed E-state index contributed by atoms with van der Waals surface area (Å²) in [5.74, 6) is 0.631. The molecule has 2 nitrogen and oxygen atoms in total. The second-order valence-corrected chi connectivity index (χ2v) is 5.31. The SMILES string of the molecule is CCC(C)(C)c1ccc2oc(C(C)O)cc2c1. The van der Waals surface area contributed by atoms with E-state index < -0.39 is 6.10 Å². The summed E-state index contributed by atoms with van der Waals surface area (Å²) in [5, 5.41) is 10.6. The van der Waals surface area contributed by atoms with E-state index in [0.717, 1.165) is 17.4 Å². The van der Waals surface area contributed by atoms with Gasteiger partial charge in [-0.25, -0.2) is 0 Å². The predicted octanol–water partition coefficient (Wildman–Crippen LogP) is 4.17. The van der Waals surface area contributed by atoms with Crippen LogP contribution in [0.2, 0.25) is 0 Å².